The number of alkyl halides is 3. The molecular weight excluding hydrogens is 537 g/mol. The summed E-state index contributed by atoms with van der Waals surface area (Å²) in [5, 5.41) is 3.47. The fourth-order valence-corrected chi connectivity index (χ4v) is 4.49. The summed E-state index contributed by atoms with van der Waals surface area (Å²) in [4.78, 5) is 18.5. The van der Waals surface area contributed by atoms with Crippen LogP contribution in [0.5, 0.6) is 5.75 Å². The lowest BCUT2D eigenvalue weighted by atomic mass is 10.1. The van der Waals surface area contributed by atoms with Gasteiger partial charge in [-0.25, -0.2) is 13.8 Å². The van der Waals surface area contributed by atoms with Crippen molar-refractivity contribution in [3.05, 3.63) is 93.0 Å². The van der Waals surface area contributed by atoms with Gasteiger partial charge in [0.05, 0.1) is 22.4 Å². The average Bonchev–Trinajstić information content (AvgIpc) is 3.24. The Labute approximate surface area is 217 Å². The monoisotopic (exact) mass is 555 g/mol. The molecule has 0 radical (unpaired) electrons. The van der Waals surface area contributed by atoms with Gasteiger partial charge in [0.1, 0.15) is 23.0 Å². The van der Waals surface area contributed by atoms with Gasteiger partial charge in [0.25, 0.3) is 5.91 Å². The fraction of sp³-hybridized carbons (Fsp3) is 0.200. The first-order valence-electron chi connectivity index (χ1n) is 10.8. The topological polar surface area (TPSA) is 54.5 Å². The first kappa shape index (κ1) is 26.8. The molecule has 0 unspecified atom stereocenters. The second-order valence-corrected chi connectivity index (χ2v) is 9.67. The highest BCUT2D eigenvalue weighted by molar-refractivity contribution is 7.18. The highest BCUT2D eigenvalue weighted by Crippen LogP contribution is 2.30. The lowest BCUT2D eigenvalue weighted by molar-refractivity contribution is -0.137. The fourth-order valence-electron chi connectivity index (χ4n) is 3.46. The number of rotatable bonds is 8. The molecule has 4 aromatic rings. The number of amides is 1. The van der Waals surface area contributed by atoms with Gasteiger partial charge in [-0.2, -0.15) is 13.2 Å². The normalized spacial score (nSPS) is 11.8. The molecule has 0 spiro atoms. The summed E-state index contributed by atoms with van der Waals surface area (Å²) in [7, 11) is 1.59. The van der Waals surface area contributed by atoms with Crippen molar-refractivity contribution >= 4 is 39.1 Å². The van der Waals surface area contributed by atoms with Gasteiger partial charge in [-0.3, -0.25) is 9.69 Å². The number of nitrogens with one attached hydrogen (secondary N) is 1. The molecule has 1 aromatic heterocycles. The van der Waals surface area contributed by atoms with Gasteiger partial charge in [-0.1, -0.05) is 23.7 Å². The van der Waals surface area contributed by atoms with E-state index in [9.17, 15) is 26.7 Å². The molecule has 0 saturated carbocycles. The van der Waals surface area contributed by atoms with Crippen LogP contribution in [0.15, 0.2) is 54.6 Å². The van der Waals surface area contributed by atoms with E-state index in [-0.39, 0.29) is 25.6 Å². The highest BCUT2D eigenvalue weighted by Gasteiger charge is 2.30. The van der Waals surface area contributed by atoms with Gasteiger partial charge in [0, 0.05) is 11.6 Å². The maximum Gasteiger partial charge on any atom is 0.416 e. The van der Waals surface area contributed by atoms with E-state index in [1.54, 1.807) is 30.1 Å². The van der Waals surface area contributed by atoms with Crippen molar-refractivity contribution in [3.8, 4) is 5.75 Å². The van der Waals surface area contributed by atoms with Crippen molar-refractivity contribution in [3.63, 3.8) is 0 Å². The number of thiazole rings is 1. The minimum atomic E-state index is -4.44. The number of nitrogens with zero attached hydrogens (tertiary/aromatic N) is 2. The van der Waals surface area contributed by atoms with Crippen LogP contribution >= 0.6 is 22.9 Å². The van der Waals surface area contributed by atoms with Gasteiger partial charge in [0.2, 0.25) is 0 Å². The summed E-state index contributed by atoms with van der Waals surface area (Å²) in [6.45, 7) is -0.0194. The molecule has 0 aliphatic heterocycles. The van der Waals surface area contributed by atoms with Crippen LogP contribution < -0.4 is 10.1 Å². The number of carbonyl (C=O) groups is 1. The van der Waals surface area contributed by atoms with Gasteiger partial charge >= 0.3 is 6.18 Å². The number of ether oxygens (including phenoxy) is 1. The molecule has 0 aliphatic rings. The summed E-state index contributed by atoms with van der Waals surface area (Å²) >= 11 is 7.29. The van der Waals surface area contributed by atoms with E-state index < -0.39 is 34.8 Å². The Morgan fingerprint density at radius 3 is 2.54 bits per heavy atom. The number of fused-ring (bicyclic) bond motifs is 1. The van der Waals surface area contributed by atoms with Gasteiger partial charge < -0.3 is 10.1 Å². The molecule has 37 heavy (non-hydrogen) atoms. The van der Waals surface area contributed by atoms with Crippen molar-refractivity contribution in [2.45, 2.75) is 19.3 Å². The summed E-state index contributed by atoms with van der Waals surface area (Å²) in [5.74, 6) is -3.55. The zero-order valence-electron chi connectivity index (χ0n) is 19.2. The van der Waals surface area contributed by atoms with E-state index in [1.807, 2.05) is 0 Å². The predicted octanol–water partition coefficient (Wildman–Crippen LogP) is 6.65. The van der Waals surface area contributed by atoms with Crippen LogP contribution in [-0.2, 0) is 19.3 Å². The Balaban J connectivity index is 1.37. The zero-order chi connectivity index (χ0) is 26.7. The largest absolute Gasteiger partial charge is 0.483 e. The second kappa shape index (κ2) is 11.0. The summed E-state index contributed by atoms with van der Waals surface area (Å²) in [5.41, 5.74) is -0.352. The van der Waals surface area contributed by atoms with Crippen molar-refractivity contribution in [1.82, 2.24) is 15.2 Å². The highest BCUT2D eigenvalue weighted by atomic mass is 35.5. The Hall–Kier alpha value is -3.28. The number of hydrogen-bond acceptors (Lipinski definition) is 5. The average molecular weight is 556 g/mol. The van der Waals surface area contributed by atoms with Gasteiger partial charge in [-0.15, -0.1) is 11.3 Å². The van der Waals surface area contributed by atoms with E-state index >= 15 is 0 Å². The van der Waals surface area contributed by atoms with Crippen LogP contribution in [0.4, 0.5) is 22.0 Å². The number of benzene rings is 3. The van der Waals surface area contributed by atoms with Crippen molar-refractivity contribution < 1.29 is 31.5 Å². The smallest absolute Gasteiger partial charge is 0.416 e. The summed E-state index contributed by atoms with van der Waals surface area (Å²) < 4.78 is 73.8. The van der Waals surface area contributed by atoms with E-state index in [4.69, 9.17) is 16.3 Å². The first-order valence-corrected chi connectivity index (χ1v) is 12.0. The molecule has 0 atom stereocenters. The standard InChI is InChI=1S/C25H19ClF5N3O2S/c1-34(11-14-2-4-15(5-3-14)25(29,30)31)13-32-24(35)22-17(27)7-8-19(23(22)28)36-12-21-33-18-10-16(26)6-9-20(18)37-21/h2-10H,11-13H2,1H3,(H,32,35). The number of aromatic nitrogens is 1. The van der Waals surface area contributed by atoms with E-state index in [2.05, 4.69) is 10.3 Å². The van der Waals surface area contributed by atoms with Crippen LogP contribution in [0.25, 0.3) is 10.2 Å². The van der Waals surface area contributed by atoms with Crippen LogP contribution in [0.1, 0.15) is 26.5 Å². The van der Waals surface area contributed by atoms with Gasteiger partial charge in [0.15, 0.2) is 11.6 Å². The summed E-state index contributed by atoms with van der Waals surface area (Å²) in [6.07, 6.45) is -4.44. The van der Waals surface area contributed by atoms with E-state index in [0.29, 0.717) is 21.1 Å². The summed E-state index contributed by atoms with van der Waals surface area (Å²) in [6, 6.07) is 11.8. The van der Waals surface area contributed by atoms with Crippen LogP contribution in [-0.4, -0.2) is 29.5 Å². The maximum atomic E-state index is 15.0. The van der Waals surface area contributed by atoms with Crippen LogP contribution in [0.2, 0.25) is 5.02 Å². The quantitative estimate of drug-likeness (QED) is 0.195. The molecule has 0 aliphatic carbocycles. The van der Waals surface area contributed by atoms with Crippen LogP contribution in [0, 0.1) is 11.6 Å². The number of carbonyl (C=O) groups excluding carboxylic acids is 1. The molecule has 5 nitrogen and oxygen atoms in total. The van der Waals surface area contributed by atoms with E-state index in [0.717, 1.165) is 29.0 Å². The molecule has 1 N–H and O–H groups in total. The molecule has 12 heteroatoms. The minimum absolute atomic E-state index is 0.101. The molecule has 1 amide bonds. The molecule has 1 heterocycles. The SMILES string of the molecule is CN(CNC(=O)c1c(F)ccc(OCc2nc3cc(Cl)ccc3s2)c1F)Cc1ccc(C(F)(F)F)cc1. The first-order chi connectivity index (χ1) is 17.5. The van der Waals surface area contributed by atoms with Crippen molar-refractivity contribution in [2.24, 2.45) is 0 Å². The maximum absolute atomic E-state index is 15.0. The zero-order valence-corrected chi connectivity index (χ0v) is 20.8. The third-order valence-electron chi connectivity index (χ3n) is 5.27. The third-order valence-corrected chi connectivity index (χ3v) is 6.52. The molecule has 194 valence electrons. The molecule has 0 fully saturated rings. The lowest BCUT2D eigenvalue weighted by Gasteiger charge is -2.18. The van der Waals surface area contributed by atoms with Crippen molar-refractivity contribution in [2.75, 3.05) is 13.7 Å². The van der Waals surface area contributed by atoms with Crippen LogP contribution in [0.3, 0.4) is 0 Å². The number of hydrogen-bond donors (Lipinski definition) is 1. The molecular formula is C25H19ClF5N3O2S. The minimum Gasteiger partial charge on any atom is -0.483 e. The predicted molar refractivity (Wildman–Crippen MR) is 131 cm³/mol. The third kappa shape index (κ3) is 6.54. The van der Waals surface area contributed by atoms with Gasteiger partial charge in [-0.05, 0) is 55.1 Å². The van der Waals surface area contributed by atoms with E-state index in [1.165, 1.54) is 23.5 Å². The second-order valence-electron chi connectivity index (χ2n) is 8.12. The Kier molecular flexibility index (Phi) is 7.96. The molecule has 3 aromatic carbocycles. The Bertz CT molecular complexity index is 1430. The Morgan fingerprint density at radius 1 is 1.11 bits per heavy atom. The molecule has 0 bridgehead atoms. The molecule has 0 saturated heterocycles. The number of halogens is 6. The van der Waals surface area contributed by atoms with Crippen molar-refractivity contribution in [1.29, 1.82) is 0 Å². The molecule has 4 rings (SSSR count). The Morgan fingerprint density at radius 2 is 1.84 bits per heavy atom. The lowest BCUT2D eigenvalue weighted by Crippen LogP contribution is -2.35.